The lowest BCUT2D eigenvalue weighted by Crippen LogP contribution is -2.42. The molecule has 0 bridgehead atoms. The van der Waals surface area contributed by atoms with E-state index in [2.05, 4.69) is 5.32 Å². The van der Waals surface area contributed by atoms with E-state index in [9.17, 15) is 9.59 Å². The highest BCUT2D eigenvalue weighted by atomic mass is 16.5. The van der Waals surface area contributed by atoms with Crippen LogP contribution in [0.3, 0.4) is 0 Å². The molecule has 1 rings (SSSR count). The van der Waals surface area contributed by atoms with Gasteiger partial charge in [-0.1, -0.05) is 13.8 Å². The normalized spacial score (nSPS) is 10.4. The van der Waals surface area contributed by atoms with E-state index >= 15 is 0 Å². The number of carbonyl (C=O) groups excluding carboxylic acids is 2. The standard InChI is InChI=1S/C17H27N3O3/c1-4-13(5-2)19-17(22)12-20(11-10-16(18)21)14-6-8-15(23-3)9-7-14/h6-9,13H,4-5,10-12H2,1-3H3,(H2,18,21)(H,19,22). The van der Waals surface area contributed by atoms with E-state index in [1.54, 1.807) is 7.11 Å². The van der Waals surface area contributed by atoms with Crippen molar-refractivity contribution in [2.24, 2.45) is 5.73 Å². The van der Waals surface area contributed by atoms with Crippen LogP contribution in [0.4, 0.5) is 5.69 Å². The zero-order valence-electron chi connectivity index (χ0n) is 14.2. The van der Waals surface area contributed by atoms with Crippen molar-refractivity contribution in [3.63, 3.8) is 0 Å². The van der Waals surface area contributed by atoms with Crippen LogP contribution in [-0.4, -0.2) is 38.1 Å². The van der Waals surface area contributed by atoms with Crippen LogP contribution in [0.5, 0.6) is 5.75 Å². The molecule has 1 aromatic rings. The lowest BCUT2D eigenvalue weighted by Gasteiger charge is -2.25. The molecule has 0 aliphatic rings. The second kappa shape index (κ2) is 9.71. The van der Waals surface area contributed by atoms with Gasteiger partial charge >= 0.3 is 0 Å². The molecule has 1 aromatic carbocycles. The molecule has 0 radical (unpaired) electrons. The van der Waals surface area contributed by atoms with Gasteiger partial charge in [0.25, 0.3) is 0 Å². The van der Waals surface area contributed by atoms with Gasteiger partial charge in [0.05, 0.1) is 13.7 Å². The van der Waals surface area contributed by atoms with Crippen LogP contribution >= 0.6 is 0 Å². The van der Waals surface area contributed by atoms with Gasteiger partial charge in [0, 0.05) is 24.7 Å². The summed E-state index contributed by atoms with van der Waals surface area (Å²) in [5.41, 5.74) is 6.09. The first-order chi connectivity index (χ1) is 11.0. The SMILES string of the molecule is CCC(CC)NC(=O)CN(CCC(N)=O)c1ccc(OC)cc1. The summed E-state index contributed by atoms with van der Waals surface area (Å²) in [6.45, 7) is 4.68. The molecule has 2 amide bonds. The van der Waals surface area contributed by atoms with Gasteiger partial charge in [-0.2, -0.15) is 0 Å². The van der Waals surface area contributed by atoms with Crippen molar-refractivity contribution < 1.29 is 14.3 Å². The Morgan fingerprint density at radius 2 is 1.83 bits per heavy atom. The number of primary amides is 1. The van der Waals surface area contributed by atoms with Crippen LogP contribution in [0, 0.1) is 0 Å². The molecule has 128 valence electrons. The lowest BCUT2D eigenvalue weighted by atomic mass is 10.1. The summed E-state index contributed by atoms with van der Waals surface area (Å²) in [4.78, 5) is 25.1. The van der Waals surface area contributed by atoms with Crippen molar-refractivity contribution >= 4 is 17.5 Å². The van der Waals surface area contributed by atoms with Crippen LogP contribution in [0.1, 0.15) is 33.1 Å². The van der Waals surface area contributed by atoms with Crippen molar-refractivity contribution in [1.29, 1.82) is 0 Å². The van der Waals surface area contributed by atoms with E-state index in [0.717, 1.165) is 24.3 Å². The van der Waals surface area contributed by atoms with Crippen molar-refractivity contribution in [2.75, 3.05) is 25.1 Å². The molecule has 0 atom stereocenters. The topological polar surface area (TPSA) is 84.7 Å². The minimum absolute atomic E-state index is 0.0565. The van der Waals surface area contributed by atoms with E-state index in [1.807, 2.05) is 43.0 Å². The Balaban J connectivity index is 2.78. The van der Waals surface area contributed by atoms with Crippen molar-refractivity contribution in [3.8, 4) is 5.75 Å². The molecular formula is C17H27N3O3. The summed E-state index contributed by atoms with van der Waals surface area (Å²) < 4.78 is 5.14. The maximum atomic E-state index is 12.2. The number of rotatable bonds is 10. The fraction of sp³-hybridized carbons (Fsp3) is 0.529. The van der Waals surface area contributed by atoms with Crippen LogP contribution < -0.4 is 20.7 Å². The summed E-state index contributed by atoms with van der Waals surface area (Å²) >= 11 is 0. The van der Waals surface area contributed by atoms with Crippen LogP contribution in [0.25, 0.3) is 0 Å². The zero-order valence-corrected chi connectivity index (χ0v) is 14.2. The Bertz CT molecular complexity index is 498. The van der Waals surface area contributed by atoms with E-state index < -0.39 is 0 Å². The minimum atomic E-state index is -0.385. The van der Waals surface area contributed by atoms with Crippen LogP contribution in [-0.2, 0) is 9.59 Å². The summed E-state index contributed by atoms with van der Waals surface area (Å²) in [5.74, 6) is 0.299. The second-order valence-corrected chi connectivity index (χ2v) is 5.42. The first-order valence-corrected chi connectivity index (χ1v) is 7.96. The molecule has 6 heteroatoms. The third-order valence-electron chi connectivity index (χ3n) is 3.75. The fourth-order valence-corrected chi connectivity index (χ4v) is 2.28. The first kappa shape index (κ1) is 18.8. The molecule has 0 aliphatic heterocycles. The molecule has 0 saturated heterocycles. The third-order valence-corrected chi connectivity index (χ3v) is 3.75. The molecular weight excluding hydrogens is 294 g/mol. The molecule has 0 spiro atoms. The molecule has 0 saturated carbocycles. The van der Waals surface area contributed by atoms with Gasteiger partial charge in [0.1, 0.15) is 5.75 Å². The number of amides is 2. The van der Waals surface area contributed by atoms with E-state index in [4.69, 9.17) is 10.5 Å². The van der Waals surface area contributed by atoms with Gasteiger partial charge in [-0.25, -0.2) is 0 Å². The zero-order chi connectivity index (χ0) is 17.2. The number of methoxy groups -OCH3 is 1. The highest BCUT2D eigenvalue weighted by molar-refractivity contribution is 5.82. The fourth-order valence-electron chi connectivity index (χ4n) is 2.28. The highest BCUT2D eigenvalue weighted by Gasteiger charge is 2.15. The van der Waals surface area contributed by atoms with Crippen molar-refractivity contribution in [1.82, 2.24) is 5.32 Å². The third kappa shape index (κ3) is 6.59. The summed E-state index contributed by atoms with van der Waals surface area (Å²) in [5, 5.41) is 3.01. The van der Waals surface area contributed by atoms with Gasteiger partial charge < -0.3 is 20.7 Å². The number of benzene rings is 1. The molecule has 0 aliphatic carbocycles. The van der Waals surface area contributed by atoms with Crippen molar-refractivity contribution in [3.05, 3.63) is 24.3 Å². The van der Waals surface area contributed by atoms with Crippen LogP contribution in [0.15, 0.2) is 24.3 Å². The summed E-state index contributed by atoms with van der Waals surface area (Å²) in [6.07, 6.45) is 1.99. The Morgan fingerprint density at radius 1 is 1.22 bits per heavy atom. The maximum absolute atomic E-state index is 12.2. The number of ether oxygens (including phenoxy) is 1. The number of anilines is 1. The first-order valence-electron chi connectivity index (χ1n) is 7.96. The number of nitrogens with two attached hydrogens (primary N) is 1. The molecule has 0 unspecified atom stereocenters. The van der Waals surface area contributed by atoms with Gasteiger partial charge in [-0.05, 0) is 37.1 Å². The Kier molecular flexibility index (Phi) is 7.94. The number of nitrogens with one attached hydrogen (secondary N) is 1. The predicted octanol–water partition coefficient (Wildman–Crippen LogP) is 1.68. The van der Waals surface area contributed by atoms with E-state index in [0.29, 0.717) is 6.54 Å². The quantitative estimate of drug-likeness (QED) is 0.687. The number of carbonyl (C=O) groups is 2. The monoisotopic (exact) mass is 321 g/mol. The minimum Gasteiger partial charge on any atom is -0.497 e. The predicted molar refractivity (Wildman–Crippen MR) is 91.5 cm³/mol. The average Bonchev–Trinajstić information content (AvgIpc) is 2.56. The summed E-state index contributed by atoms with van der Waals surface area (Å²) in [6, 6.07) is 7.56. The Labute approximate surface area is 138 Å². The van der Waals surface area contributed by atoms with Gasteiger partial charge in [0.15, 0.2) is 0 Å². The molecule has 0 fully saturated rings. The van der Waals surface area contributed by atoms with Gasteiger partial charge in [-0.3, -0.25) is 9.59 Å². The molecule has 6 nitrogen and oxygen atoms in total. The lowest BCUT2D eigenvalue weighted by molar-refractivity contribution is -0.121. The maximum Gasteiger partial charge on any atom is 0.239 e. The van der Waals surface area contributed by atoms with E-state index in [1.165, 1.54) is 0 Å². The second-order valence-electron chi connectivity index (χ2n) is 5.42. The number of hydrogen-bond acceptors (Lipinski definition) is 4. The Morgan fingerprint density at radius 3 is 2.30 bits per heavy atom. The molecule has 0 heterocycles. The molecule has 3 N–H and O–H groups in total. The molecule has 0 aromatic heterocycles. The smallest absolute Gasteiger partial charge is 0.239 e. The number of hydrogen-bond donors (Lipinski definition) is 2. The largest absolute Gasteiger partial charge is 0.497 e. The molecule has 23 heavy (non-hydrogen) atoms. The van der Waals surface area contributed by atoms with Gasteiger partial charge in [-0.15, -0.1) is 0 Å². The van der Waals surface area contributed by atoms with Gasteiger partial charge in [0.2, 0.25) is 11.8 Å². The average molecular weight is 321 g/mol. The van der Waals surface area contributed by atoms with Crippen molar-refractivity contribution in [2.45, 2.75) is 39.2 Å². The van der Waals surface area contributed by atoms with Crippen LogP contribution in [0.2, 0.25) is 0 Å². The highest BCUT2D eigenvalue weighted by Crippen LogP contribution is 2.19. The summed E-state index contributed by atoms with van der Waals surface area (Å²) in [7, 11) is 1.60. The Hall–Kier alpha value is -2.24. The van der Waals surface area contributed by atoms with E-state index in [-0.39, 0.29) is 30.8 Å². The number of nitrogens with zero attached hydrogens (tertiary/aromatic N) is 1.